The summed E-state index contributed by atoms with van der Waals surface area (Å²) in [5.74, 6) is 0. The normalized spacial score (nSPS) is 10.7. The van der Waals surface area contributed by atoms with E-state index in [1.807, 2.05) is 6.20 Å². The second kappa shape index (κ2) is 7.81. The molecule has 2 heteroatoms. The van der Waals surface area contributed by atoms with E-state index in [0.717, 1.165) is 31.6 Å². The van der Waals surface area contributed by atoms with E-state index in [1.54, 1.807) is 0 Å². The lowest BCUT2D eigenvalue weighted by Crippen LogP contribution is -2.13. The van der Waals surface area contributed by atoms with Gasteiger partial charge in [-0.15, -0.1) is 0 Å². The number of hydrogen-bond acceptors (Lipinski definition) is 2. The Bertz CT molecular complexity index is 517. The topological polar surface area (TPSA) is 24.9 Å². The van der Waals surface area contributed by atoms with Gasteiger partial charge < -0.3 is 5.32 Å². The van der Waals surface area contributed by atoms with Crippen LogP contribution < -0.4 is 5.32 Å². The van der Waals surface area contributed by atoms with Gasteiger partial charge in [0, 0.05) is 24.9 Å². The lowest BCUT2D eigenvalue weighted by atomic mass is 10.1. The van der Waals surface area contributed by atoms with Crippen molar-refractivity contribution in [3.8, 4) is 0 Å². The van der Waals surface area contributed by atoms with Gasteiger partial charge >= 0.3 is 0 Å². The zero-order chi connectivity index (χ0) is 14.2. The quantitative estimate of drug-likeness (QED) is 0.774. The first-order valence-electron chi connectivity index (χ1n) is 7.54. The van der Waals surface area contributed by atoms with Crippen molar-refractivity contribution in [3.05, 3.63) is 65.0 Å². The number of nitrogens with one attached hydrogen (secondary N) is 1. The third-order valence-corrected chi connectivity index (χ3v) is 3.43. The Labute approximate surface area is 122 Å². The summed E-state index contributed by atoms with van der Waals surface area (Å²) >= 11 is 0. The van der Waals surface area contributed by atoms with Crippen molar-refractivity contribution in [2.75, 3.05) is 6.54 Å². The van der Waals surface area contributed by atoms with E-state index < -0.39 is 0 Å². The van der Waals surface area contributed by atoms with E-state index in [2.05, 4.69) is 60.5 Å². The number of pyridine rings is 1. The van der Waals surface area contributed by atoms with Crippen LogP contribution in [-0.2, 0) is 19.4 Å². The Balaban J connectivity index is 1.99. The summed E-state index contributed by atoms with van der Waals surface area (Å²) < 4.78 is 0. The molecule has 0 aliphatic carbocycles. The van der Waals surface area contributed by atoms with Crippen molar-refractivity contribution in [2.45, 2.75) is 39.7 Å². The minimum Gasteiger partial charge on any atom is -0.313 e. The molecule has 1 heterocycles. The van der Waals surface area contributed by atoms with Gasteiger partial charge in [0.15, 0.2) is 0 Å². The molecule has 0 spiro atoms. The largest absolute Gasteiger partial charge is 0.313 e. The molecule has 0 saturated carbocycles. The highest BCUT2D eigenvalue weighted by Crippen LogP contribution is 2.11. The maximum absolute atomic E-state index is 4.53. The van der Waals surface area contributed by atoms with Gasteiger partial charge in [0.25, 0.3) is 0 Å². The van der Waals surface area contributed by atoms with Crippen LogP contribution in [-0.4, -0.2) is 11.5 Å². The van der Waals surface area contributed by atoms with Crippen molar-refractivity contribution in [3.63, 3.8) is 0 Å². The molecule has 0 atom stereocenters. The summed E-state index contributed by atoms with van der Waals surface area (Å²) in [4.78, 5) is 4.53. The lowest BCUT2D eigenvalue weighted by Gasteiger charge is -2.07. The van der Waals surface area contributed by atoms with E-state index in [4.69, 9.17) is 0 Å². The van der Waals surface area contributed by atoms with Crippen LogP contribution in [0.15, 0.2) is 42.6 Å². The highest BCUT2D eigenvalue weighted by molar-refractivity contribution is 5.27. The fourth-order valence-corrected chi connectivity index (χ4v) is 2.24. The highest BCUT2D eigenvalue weighted by atomic mass is 14.8. The summed E-state index contributed by atoms with van der Waals surface area (Å²) in [6, 6.07) is 13.1. The minimum absolute atomic E-state index is 0.908. The SMILES string of the molecule is CCCNCc1cccc(Cc2ccc(CC)cn2)c1. The van der Waals surface area contributed by atoms with Crippen LogP contribution in [0.3, 0.4) is 0 Å². The Hall–Kier alpha value is -1.67. The minimum atomic E-state index is 0.908. The second-order valence-electron chi connectivity index (χ2n) is 5.18. The maximum atomic E-state index is 4.53. The molecule has 1 aromatic heterocycles. The van der Waals surface area contributed by atoms with E-state index in [0.29, 0.717) is 0 Å². The standard InChI is InChI=1S/C18H24N2/c1-3-10-19-13-17-7-5-6-16(11-17)12-18-9-8-15(4-2)14-20-18/h5-9,11,14,19H,3-4,10,12-13H2,1-2H3. The Kier molecular flexibility index (Phi) is 5.75. The van der Waals surface area contributed by atoms with E-state index >= 15 is 0 Å². The number of hydrogen-bond donors (Lipinski definition) is 1. The van der Waals surface area contributed by atoms with Crippen LogP contribution in [0.5, 0.6) is 0 Å². The molecule has 0 amide bonds. The predicted octanol–water partition coefficient (Wildman–Crippen LogP) is 3.73. The average molecular weight is 268 g/mol. The van der Waals surface area contributed by atoms with Crippen molar-refractivity contribution >= 4 is 0 Å². The van der Waals surface area contributed by atoms with Crippen molar-refractivity contribution in [1.29, 1.82) is 0 Å². The second-order valence-corrected chi connectivity index (χ2v) is 5.18. The summed E-state index contributed by atoms with van der Waals surface area (Å²) in [6.07, 6.45) is 5.12. The summed E-state index contributed by atoms with van der Waals surface area (Å²) in [5.41, 5.74) is 5.12. The number of rotatable bonds is 7. The zero-order valence-electron chi connectivity index (χ0n) is 12.5. The fourth-order valence-electron chi connectivity index (χ4n) is 2.24. The Morgan fingerprint density at radius 2 is 1.85 bits per heavy atom. The molecule has 0 unspecified atom stereocenters. The number of aromatic nitrogens is 1. The molecule has 1 N–H and O–H groups in total. The Morgan fingerprint density at radius 1 is 1.00 bits per heavy atom. The van der Waals surface area contributed by atoms with Crippen molar-refractivity contribution < 1.29 is 0 Å². The molecular formula is C18H24N2. The highest BCUT2D eigenvalue weighted by Gasteiger charge is 2.00. The molecule has 0 radical (unpaired) electrons. The molecule has 0 bridgehead atoms. The van der Waals surface area contributed by atoms with Gasteiger partial charge in [-0.3, -0.25) is 4.98 Å². The Morgan fingerprint density at radius 3 is 2.55 bits per heavy atom. The van der Waals surface area contributed by atoms with Crippen LogP contribution in [0, 0.1) is 0 Å². The summed E-state index contributed by atoms with van der Waals surface area (Å²) in [5, 5.41) is 3.44. The molecule has 1 aromatic carbocycles. The third-order valence-electron chi connectivity index (χ3n) is 3.43. The predicted molar refractivity (Wildman–Crippen MR) is 84.9 cm³/mol. The van der Waals surface area contributed by atoms with Gasteiger partial charge in [-0.25, -0.2) is 0 Å². The fraction of sp³-hybridized carbons (Fsp3) is 0.389. The molecule has 2 nitrogen and oxygen atoms in total. The van der Waals surface area contributed by atoms with E-state index in [-0.39, 0.29) is 0 Å². The van der Waals surface area contributed by atoms with Crippen LogP contribution in [0.2, 0.25) is 0 Å². The molecule has 0 aliphatic rings. The van der Waals surface area contributed by atoms with Gasteiger partial charge in [0.05, 0.1) is 0 Å². The smallest absolute Gasteiger partial charge is 0.0447 e. The molecular weight excluding hydrogens is 244 g/mol. The molecule has 2 aromatic rings. The number of aryl methyl sites for hydroxylation is 1. The van der Waals surface area contributed by atoms with Gasteiger partial charge in [-0.1, -0.05) is 44.2 Å². The molecule has 0 aliphatic heterocycles. The van der Waals surface area contributed by atoms with Crippen LogP contribution >= 0.6 is 0 Å². The third kappa shape index (κ3) is 4.46. The molecule has 0 fully saturated rings. The number of benzene rings is 1. The summed E-state index contributed by atoms with van der Waals surface area (Å²) in [6.45, 7) is 6.37. The van der Waals surface area contributed by atoms with Crippen LogP contribution in [0.4, 0.5) is 0 Å². The first-order valence-corrected chi connectivity index (χ1v) is 7.54. The lowest BCUT2D eigenvalue weighted by molar-refractivity contribution is 0.675. The maximum Gasteiger partial charge on any atom is 0.0447 e. The first kappa shape index (κ1) is 14.7. The average Bonchev–Trinajstić information content (AvgIpc) is 2.49. The van der Waals surface area contributed by atoms with Crippen molar-refractivity contribution in [1.82, 2.24) is 10.3 Å². The van der Waals surface area contributed by atoms with Crippen LogP contribution in [0.25, 0.3) is 0 Å². The van der Waals surface area contributed by atoms with Crippen LogP contribution in [0.1, 0.15) is 42.7 Å². The van der Waals surface area contributed by atoms with Gasteiger partial charge in [0.1, 0.15) is 0 Å². The molecule has 2 rings (SSSR count). The van der Waals surface area contributed by atoms with Gasteiger partial charge in [-0.05, 0) is 42.1 Å². The number of nitrogens with zero attached hydrogens (tertiary/aromatic N) is 1. The molecule has 0 saturated heterocycles. The summed E-state index contributed by atoms with van der Waals surface area (Å²) in [7, 11) is 0. The monoisotopic (exact) mass is 268 g/mol. The van der Waals surface area contributed by atoms with E-state index in [9.17, 15) is 0 Å². The van der Waals surface area contributed by atoms with Crippen molar-refractivity contribution in [2.24, 2.45) is 0 Å². The van der Waals surface area contributed by atoms with Gasteiger partial charge in [-0.2, -0.15) is 0 Å². The first-order chi connectivity index (χ1) is 9.81. The van der Waals surface area contributed by atoms with E-state index in [1.165, 1.54) is 23.1 Å². The molecule has 106 valence electrons. The van der Waals surface area contributed by atoms with Gasteiger partial charge in [0.2, 0.25) is 0 Å². The zero-order valence-corrected chi connectivity index (χ0v) is 12.5. The molecule has 20 heavy (non-hydrogen) atoms.